The van der Waals surface area contributed by atoms with Crippen molar-refractivity contribution in [2.24, 2.45) is 5.92 Å². The van der Waals surface area contributed by atoms with Crippen molar-refractivity contribution in [3.8, 4) is 11.8 Å². The molecule has 1 aromatic rings. The van der Waals surface area contributed by atoms with Gasteiger partial charge in [0.1, 0.15) is 0 Å². The van der Waals surface area contributed by atoms with Crippen molar-refractivity contribution in [3.63, 3.8) is 0 Å². The van der Waals surface area contributed by atoms with E-state index in [4.69, 9.17) is 4.74 Å². The Hall–Kier alpha value is -1.75. The Labute approximate surface area is 153 Å². The molecule has 2 unspecified atom stereocenters. The van der Waals surface area contributed by atoms with Gasteiger partial charge in [-0.1, -0.05) is 94.0 Å². The molecule has 0 bridgehead atoms. The highest BCUT2D eigenvalue weighted by Gasteiger charge is 2.44. The van der Waals surface area contributed by atoms with Crippen LogP contribution in [0.4, 0.5) is 0 Å². The van der Waals surface area contributed by atoms with E-state index in [9.17, 15) is 4.79 Å². The van der Waals surface area contributed by atoms with Crippen LogP contribution in [0.3, 0.4) is 0 Å². The van der Waals surface area contributed by atoms with Gasteiger partial charge in [-0.05, 0) is 24.3 Å². The molecule has 0 amide bonds. The zero-order valence-electron chi connectivity index (χ0n) is 15.6. The second-order valence-electron chi connectivity index (χ2n) is 7.05. The van der Waals surface area contributed by atoms with Crippen LogP contribution >= 0.6 is 0 Å². The molecule has 0 heterocycles. The highest BCUT2D eigenvalue weighted by molar-refractivity contribution is 5.77. The van der Waals surface area contributed by atoms with Gasteiger partial charge >= 0.3 is 5.97 Å². The molecule has 1 fully saturated rings. The fourth-order valence-electron chi connectivity index (χ4n) is 3.23. The monoisotopic (exact) mass is 340 g/mol. The topological polar surface area (TPSA) is 26.3 Å². The van der Waals surface area contributed by atoms with E-state index in [1.807, 2.05) is 18.2 Å². The van der Waals surface area contributed by atoms with Crippen LogP contribution < -0.4 is 0 Å². The van der Waals surface area contributed by atoms with Crippen molar-refractivity contribution in [2.45, 2.75) is 77.0 Å². The van der Waals surface area contributed by atoms with Gasteiger partial charge in [-0.2, -0.15) is 0 Å². The fraction of sp³-hybridized carbons (Fsp3) is 0.609. The van der Waals surface area contributed by atoms with Gasteiger partial charge < -0.3 is 4.74 Å². The Balaban J connectivity index is 1.46. The summed E-state index contributed by atoms with van der Waals surface area (Å²) in [5, 5.41) is 0. The van der Waals surface area contributed by atoms with Crippen molar-refractivity contribution in [1.82, 2.24) is 0 Å². The van der Waals surface area contributed by atoms with E-state index in [1.165, 1.54) is 50.5 Å². The molecular formula is C23H32O2. The van der Waals surface area contributed by atoms with Gasteiger partial charge in [0, 0.05) is 6.42 Å². The fourth-order valence-corrected chi connectivity index (χ4v) is 3.23. The number of benzene rings is 1. The van der Waals surface area contributed by atoms with Gasteiger partial charge in [-0.3, -0.25) is 4.79 Å². The Morgan fingerprint density at radius 3 is 2.40 bits per heavy atom. The molecule has 2 atom stereocenters. The first-order valence-corrected chi connectivity index (χ1v) is 10.00. The number of hydrogen-bond donors (Lipinski definition) is 0. The molecule has 0 saturated heterocycles. The van der Waals surface area contributed by atoms with Crippen LogP contribution in [0.2, 0.25) is 0 Å². The van der Waals surface area contributed by atoms with E-state index in [0.717, 1.165) is 19.3 Å². The molecule has 0 N–H and O–H groups in total. The number of esters is 1. The third-order valence-electron chi connectivity index (χ3n) is 4.89. The van der Waals surface area contributed by atoms with Crippen LogP contribution in [0.5, 0.6) is 0 Å². The van der Waals surface area contributed by atoms with Crippen molar-refractivity contribution in [2.75, 3.05) is 6.61 Å². The van der Waals surface area contributed by atoms with Gasteiger partial charge in [0.2, 0.25) is 0 Å². The lowest BCUT2D eigenvalue weighted by molar-refractivity contribution is -0.143. The molecular weight excluding hydrogens is 308 g/mol. The van der Waals surface area contributed by atoms with Crippen LogP contribution in [0.1, 0.15) is 82.6 Å². The molecule has 25 heavy (non-hydrogen) atoms. The van der Waals surface area contributed by atoms with Crippen molar-refractivity contribution in [1.29, 1.82) is 0 Å². The third kappa shape index (κ3) is 7.78. The molecule has 0 aromatic heterocycles. The Morgan fingerprint density at radius 1 is 1.00 bits per heavy atom. The van der Waals surface area contributed by atoms with E-state index in [0.29, 0.717) is 5.92 Å². The van der Waals surface area contributed by atoms with Gasteiger partial charge in [0.05, 0.1) is 5.92 Å². The summed E-state index contributed by atoms with van der Waals surface area (Å²) in [6.07, 6.45) is 12.4. The van der Waals surface area contributed by atoms with E-state index in [2.05, 4.69) is 30.9 Å². The molecule has 1 saturated carbocycles. The van der Waals surface area contributed by atoms with Crippen molar-refractivity contribution >= 4 is 5.97 Å². The Kier molecular flexibility index (Phi) is 9.19. The first-order valence-electron chi connectivity index (χ1n) is 10.00. The Bertz CT molecular complexity index is 552. The summed E-state index contributed by atoms with van der Waals surface area (Å²) in [7, 11) is 0. The van der Waals surface area contributed by atoms with E-state index in [-0.39, 0.29) is 18.5 Å². The van der Waals surface area contributed by atoms with Gasteiger partial charge in [0.15, 0.2) is 6.61 Å². The van der Waals surface area contributed by atoms with Gasteiger partial charge in [0.25, 0.3) is 0 Å². The van der Waals surface area contributed by atoms with E-state index in [1.54, 1.807) is 0 Å². The minimum atomic E-state index is -0.0877. The first-order chi connectivity index (χ1) is 12.3. The summed E-state index contributed by atoms with van der Waals surface area (Å²) < 4.78 is 5.29. The van der Waals surface area contributed by atoms with Gasteiger partial charge in [-0.15, -0.1) is 0 Å². The molecule has 2 heteroatoms. The zero-order chi connectivity index (χ0) is 17.7. The number of unbranched alkanes of at least 4 members (excludes halogenated alkanes) is 8. The average Bonchev–Trinajstić information content (AvgIpc) is 3.44. The predicted octanol–water partition coefficient (Wildman–Crippen LogP) is 5.87. The summed E-state index contributed by atoms with van der Waals surface area (Å²) in [5.74, 6) is 6.40. The summed E-state index contributed by atoms with van der Waals surface area (Å²) >= 11 is 0. The molecule has 2 rings (SSSR count). The third-order valence-corrected chi connectivity index (χ3v) is 4.89. The number of ether oxygens (including phenoxy) is 1. The van der Waals surface area contributed by atoms with E-state index >= 15 is 0 Å². The van der Waals surface area contributed by atoms with Crippen molar-refractivity contribution in [3.05, 3.63) is 35.9 Å². The zero-order valence-corrected chi connectivity index (χ0v) is 15.6. The molecule has 1 aliphatic carbocycles. The average molecular weight is 341 g/mol. The van der Waals surface area contributed by atoms with Crippen LogP contribution in [0.15, 0.2) is 30.3 Å². The molecule has 0 aliphatic heterocycles. The van der Waals surface area contributed by atoms with Crippen LogP contribution in [-0.2, 0) is 9.53 Å². The summed E-state index contributed by atoms with van der Waals surface area (Å²) in [6, 6.07) is 10.2. The summed E-state index contributed by atoms with van der Waals surface area (Å²) in [4.78, 5) is 12.0. The largest absolute Gasteiger partial charge is 0.452 e. The Morgan fingerprint density at radius 2 is 1.68 bits per heavy atom. The minimum Gasteiger partial charge on any atom is -0.452 e. The second kappa shape index (κ2) is 11.7. The summed E-state index contributed by atoms with van der Waals surface area (Å²) in [6.45, 7) is 2.50. The lowest BCUT2D eigenvalue weighted by Gasteiger charge is -2.01. The maximum atomic E-state index is 12.0. The molecule has 1 aromatic carbocycles. The van der Waals surface area contributed by atoms with Crippen LogP contribution in [0.25, 0.3) is 0 Å². The molecule has 136 valence electrons. The van der Waals surface area contributed by atoms with Crippen LogP contribution in [-0.4, -0.2) is 12.6 Å². The number of carbonyl (C=O) groups excluding carboxylic acids is 1. The molecule has 0 radical (unpaired) electrons. The smallest absolute Gasteiger partial charge is 0.310 e. The lowest BCUT2D eigenvalue weighted by atomic mass is 10.1. The second-order valence-corrected chi connectivity index (χ2v) is 7.05. The normalized spacial score (nSPS) is 18.3. The number of rotatable bonds is 11. The molecule has 0 spiro atoms. The molecule has 1 aliphatic rings. The van der Waals surface area contributed by atoms with Gasteiger partial charge in [-0.25, -0.2) is 0 Å². The highest BCUT2D eigenvalue weighted by Crippen LogP contribution is 2.47. The number of carbonyl (C=O) groups is 1. The lowest BCUT2D eigenvalue weighted by Crippen LogP contribution is -2.08. The van der Waals surface area contributed by atoms with Crippen molar-refractivity contribution < 1.29 is 9.53 Å². The maximum Gasteiger partial charge on any atom is 0.310 e. The molecule has 2 nitrogen and oxygen atoms in total. The predicted molar refractivity (Wildman–Crippen MR) is 103 cm³/mol. The van der Waals surface area contributed by atoms with E-state index < -0.39 is 0 Å². The quantitative estimate of drug-likeness (QED) is 0.286. The number of hydrogen-bond acceptors (Lipinski definition) is 2. The standard InChI is InChI=1S/C23H32O2/c1-2-3-4-5-6-7-8-9-10-11-15-18-25-23(24)22-19-21(22)20-16-13-12-14-17-20/h12-14,16-17,21-22H,2-10,18-19H2,1H3. The van der Waals surface area contributed by atoms with Crippen LogP contribution in [0, 0.1) is 17.8 Å². The maximum absolute atomic E-state index is 12.0. The summed E-state index contributed by atoms with van der Waals surface area (Å²) in [5.41, 5.74) is 1.24. The SMILES string of the molecule is CCCCCCCCCCC#CCOC(=O)C1CC1c1ccccc1. The first kappa shape index (κ1) is 19.6. The minimum absolute atomic E-state index is 0.0388. The highest BCUT2D eigenvalue weighted by atomic mass is 16.5.